The summed E-state index contributed by atoms with van der Waals surface area (Å²) in [7, 11) is 0. The monoisotopic (exact) mass is 482 g/mol. The van der Waals surface area contributed by atoms with Gasteiger partial charge in [0.1, 0.15) is 0 Å². The molecular weight excluding hydrogens is 451 g/mol. The zero-order valence-electron chi connectivity index (χ0n) is 19.2. The number of likely N-dealkylation sites (tertiary alicyclic amines) is 1. The normalized spacial score (nSPS) is 14.7. The van der Waals surface area contributed by atoms with Crippen molar-refractivity contribution in [1.82, 2.24) is 15.6 Å². The van der Waals surface area contributed by atoms with Gasteiger partial charge in [-0.2, -0.15) is 5.10 Å². The van der Waals surface area contributed by atoms with Gasteiger partial charge in [-0.1, -0.05) is 66.7 Å². The van der Waals surface area contributed by atoms with Crippen LogP contribution in [0.25, 0.3) is 11.3 Å². The first-order chi connectivity index (χ1) is 16.0. The summed E-state index contributed by atoms with van der Waals surface area (Å²) in [6.07, 6.45) is 8.09. The third-order valence-corrected chi connectivity index (χ3v) is 6.47. The standard InChI is InChI=1S/C27H32Cl2N4/c1-4-31-32-19-26(33-17-6-5-7-18-33)20(2)23-13-11-22(12-14-23)15-16-30-21(3)27-24(28)9-8-10-25(27)29/h4,8-14,19,30-31H,1,3,5-7,15-18H2,2H3/b26-20-,32-19-. The second-order valence-electron chi connectivity index (χ2n) is 8.10. The van der Waals surface area contributed by atoms with Crippen molar-refractivity contribution in [2.24, 2.45) is 5.10 Å². The first-order valence-corrected chi connectivity index (χ1v) is 12.1. The number of halogens is 2. The Morgan fingerprint density at radius 1 is 1.06 bits per heavy atom. The maximum absolute atomic E-state index is 6.28. The maximum Gasteiger partial charge on any atom is 0.0708 e. The summed E-state index contributed by atoms with van der Waals surface area (Å²) >= 11 is 12.6. The van der Waals surface area contributed by atoms with Crippen molar-refractivity contribution in [1.29, 1.82) is 0 Å². The van der Waals surface area contributed by atoms with Crippen molar-refractivity contribution in [3.05, 3.63) is 94.3 Å². The molecule has 0 saturated carbocycles. The summed E-state index contributed by atoms with van der Waals surface area (Å²) in [6, 6.07) is 14.2. The third-order valence-electron chi connectivity index (χ3n) is 5.84. The number of benzene rings is 2. The van der Waals surface area contributed by atoms with E-state index in [-0.39, 0.29) is 0 Å². The smallest absolute Gasteiger partial charge is 0.0708 e. The Bertz CT molecular complexity index is 999. The quantitative estimate of drug-likeness (QED) is 0.291. The lowest BCUT2D eigenvalue weighted by molar-refractivity contribution is 0.299. The SMILES string of the molecule is C=CN/N=C\C(=C(/C)c1ccc(CCNC(=C)c2c(Cl)cccc2Cl)cc1)N1CCCCC1. The van der Waals surface area contributed by atoms with Crippen LogP contribution in [0.4, 0.5) is 0 Å². The van der Waals surface area contributed by atoms with Crippen molar-refractivity contribution in [2.45, 2.75) is 32.6 Å². The van der Waals surface area contributed by atoms with Crippen LogP contribution in [0.1, 0.15) is 42.9 Å². The van der Waals surface area contributed by atoms with E-state index in [2.05, 4.69) is 65.1 Å². The minimum atomic E-state index is 0.600. The first kappa shape index (κ1) is 24.9. The molecule has 0 atom stereocenters. The van der Waals surface area contributed by atoms with Gasteiger partial charge in [0.25, 0.3) is 0 Å². The largest absolute Gasteiger partial charge is 0.385 e. The predicted molar refractivity (Wildman–Crippen MR) is 143 cm³/mol. The Kier molecular flexibility index (Phi) is 9.47. The molecule has 1 aliphatic rings. The molecule has 4 nitrogen and oxygen atoms in total. The topological polar surface area (TPSA) is 39.7 Å². The van der Waals surface area contributed by atoms with Crippen LogP contribution in [0.15, 0.2) is 72.6 Å². The molecule has 0 spiro atoms. The molecule has 0 aromatic heterocycles. The molecule has 6 heteroatoms. The number of allylic oxidation sites excluding steroid dienone is 2. The van der Waals surface area contributed by atoms with Crippen molar-refractivity contribution in [2.75, 3.05) is 19.6 Å². The van der Waals surface area contributed by atoms with E-state index in [4.69, 9.17) is 23.2 Å². The summed E-state index contributed by atoms with van der Waals surface area (Å²) in [6.45, 7) is 12.8. The van der Waals surface area contributed by atoms with Crippen LogP contribution in [0.2, 0.25) is 10.0 Å². The second kappa shape index (κ2) is 12.5. The highest BCUT2D eigenvalue weighted by molar-refractivity contribution is 6.37. The fraction of sp³-hybridized carbons (Fsp3) is 0.296. The summed E-state index contributed by atoms with van der Waals surface area (Å²) < 4.78 is 0. The molecular formula is C27H32Cl2N4. The van der Waals surface area contributed by atoms with Crippen LogP contribution in [0, 0.1) is 0 Å². The molecule has 3 rings (SSSR count). The maximum atomic E-state index is 6.28. The van der Waals surface area contributed by atoms with Crippen LogP contribution >= 0.6 is 23.2 Å². The Hall–Kier alpha value is -2.69. The summed E-state index contributed by atoms with van der Waals surface area (Å²) in [5.41, 5.74) is 9.15. The van der Waals surface area contributed by atoms with Crippen LogP contribution in [0.5, 0.6) is 0 Å². The number of piperidine rings is 1. The molecule has 33 heavy (non-hydrogen) atoms. The number of nitrogens with one attached hydrogen (secondary N) is 2. The minimum Gasteiger partial charge on any atom is -0.385 e. The molecule has 0 bridgehead atoms. The highest BCUT2D eigenvalue weighted by Gasteiger charge is 2.15. The van der Waals surface area contributed by atoms with Gasteiger partial charge in [0.2, 0.25) is 0 Å². The van der Waals surface area contributed by atoms with Gasteiger partial charge in [-0.15, -0.1) is 0 Å². The predicted octanol–water partition coefficient (Wildman–Crippen LogP) is 6.73. The average molecular weight is 483 g/mol. The first-order valence-electron chi connectivity index (χ1n) is 11.3. The van der Waals surface area contributed by atoms with E-state index >= 15 is 0 Å². The van der Waals surface area contributed by atoms with Gasteiger partial charge >= 0.3 is 0 Å². The van der Waals surface area contributed by atoms with E-state index < -0.39 is 0 Å². The Balaban J connectivity index is 1.66. The van der Waals surface area contributed by atoms with E-state index in [1.165, 1.54) is 36.0 Å². The number of hydrogen-bond donors (Lipinski definition) is 2. The molecule has 1 aliphatic heterocycles. The summed E-state index contributed by atoms with van der Waals surface area (Å²) in [4.78, 5) is 2.43. The van der Waals surface area contributed by atoms with Gasteiger partial charge in [-0.25, -0.2) is 0 Å². The van der Waals surface area contributed by atoms with Crippen LogP contribution < -0.4 is 10.7 Å². The van der Waals surface area contributed by atoms with Gasteiger partial charge in [0, 0.05) is 37.1 Å². The molecule has 0 amide bonds. The van der Waals surface area contributed by atoms with E-state index in [0.29, 0.717) is 10.0 Å². The molecule has 174 valence electrons. The molecule has 2 aromatic rings. The minimum absolute atomic E-state index is 0.600. The molecule has 0 radical (unpaired) electrons. The number of hydrogen-bond acceptors (Lipinski definition) is 4. The van der Waals surface area contributed by atoms with Crippen molar-refractivity contribution < 1.29 is 0 Å². The molecule has 2 N–H and O–H groups in total. The molecule has 1 heterocycles. The Morgan fingerprint density at radius 2 is 1.73 bits per heavy atom. The lowest BCUT2D eigenvalue weighted by Crippen LogP contribution is -2.30. The van der Waals surface area contributed by atoms with E-state index in [9.17, 15) is 0 Å². The fourth-order valence-electron chi connectivity index (χ4n) is 4.00. The van der Waals surface area contributed by atoms with Crippen molar-refractivity contribution in [3.8, 4) is 0 Å². The fourth-order valence-corrected chi connectivity index (χ4v) is 4.63. The lowest BCUT2D eigenvalue weighted by atomic mass is 10.0. The van der Waals surface area contributed by atoms with E-state index in [1.54, 1.807) is 6.20 Å². The van der Waals surface area contributed by atoms with Gasteiger partial charge in [0.05, 0.1) is 22.0 Å². The number of rotatable bonds is 10. The Morgan fingerprint density at radius 3 is 2.36 bits per heavy atom. The molecule has 0 aliphatic carbocycles. The molecule has 2 aromatic carbocycles. The third kappa shape index (κ3) is 6.89. The summed E-state index contributed by atoms with van der Waals surface area (Å²) in [5.74, 6) is 0. The molecule has 1 saturated heterocycles. The highest BCUT2D eigenvalue weighted by atomic mass is 35.5. The highest BCUT2D eigenvalue weighted by Crippen LogP contribution is 2.29. The zero-order valence-corrected chi connectivity index (χ0v) is 20.7. The zero-order chi connectivity index (χ0) is 23.6. The van der Waals surface area contributed by atoms with Crippen LogP contribution in [-0.4, -0.2) is 30.7 Å². The average Bonchev–Trinajstić information content (AvgIpc) is 2.82. The molecule has 0 unspecified atom stereocenters. The van der Waals surface area contributed by atoms with E-state index in [1.807, 2.05) is 24.4 Å². The van der Waals surface area contributed by atoms with Gasteiger partial charge in [-0.05, 0) is 61.4 Å². The van der Waals surface area contributed by atoms with Gasteiger partial charge < -0.3 is 10.2 Å². The van der Waals surface area contributed by atoms with Crippen LogP contribution in [0.3, 0.4) is 0 Å². The lowest BCUT2D eigenvalue weighted by Gasteiger charge is -2.30. The number of nitrogens with zero attached hydrogens (tertiary/aromatic N) is 2. The second-order valence-corrected chi connectivity index (χ2v) is 8.91. The number of hydrazone groups is 1. The van der Waals surface area contributed by atoms with Crippen LogP contribution in [-0.2, 0) is 6.42 Å². The Labute approximate surface area is 207 Å². The van der Waals surface area contributed by atoms with E-state index in [0.717, 1.165) is 43.0 Å². The van der Waals surface area contributed by atoms with Gasteiger partial charge in [0.15, 0.2) is 0 Å². The van der Waals surface area contributed by atoms with Crippen molar-refractivity contribution >= 4 is 40.7 Å². The molecule has 1 fully saturated rings. The van der Waals surface area contributed by atoms with Gasteiger partial charge in [-0.3, -0.25) is 5.43 Å². The van der Waals surface area contributed by atoms with Crippen molar-refractivity contribution in [3.63, 3.8) is 0 Å². The summed E-state index contributed by atoms with van der Waals surface area (Å²) in [5, 5.41) is 8.84.